The van der Waals surface area contributed by atoms with Crippen LogP contribution in [0.5, 0.6) is 0 Å². The van der Waals surface area contributed by atoms with Gasteiger partial charge in [-0.25, -0.2) is 24.6 Å². The number of nitrogens with zero attached hydrogens (tertiary/aromatic N) is 9. The van der Waals surface area contributed by atoms with Gasteiger partial charge in [0, 0.05) is 69.9 Å². The number of hydrogen-bond donors (Lipinski definition) is 0. The van der Waals surface area contributed by atoms with E-state index in [1.165, 1.54) is 0 Å². The van der Waals surface area contributed by atoms with Crippen LogP contribution in [0.25, 0.3) is 5.82 Å². The van der Waals surface area contributed by atoms with Crippen LogP contribution in [0.1, 0.15) is 11.4 Å². The molecule has 3 aromatic rings. The highest BCUT2D eigenvalue weighted by Gasteiger charge is 2.41. The van der Waals surface area contributed by atoms with Crippen molar-refractivity contribution in [3.8, 4) is 5.82 Å². The van der Waals surface area contributed by atoms with Gasteiger partial charge < -0.3 is 14.7 Å². The Morgan fingerprint density at radius 1 is 0.767 bits per heavy atom. The minimum absolute atomic E-state index is 0.606. The summed E-state index contributed by atoms with van der Waals surface area (Å²) in [5.41, 5.74) is 2.07. The number of aryl methyl sites for hydroxylation is 2. The van der Waals surface area contributed by atoms with Crippen LogP contribution in [-0.4, -0.2) is 70.0 Å². The summed E-state index contributed by atoms with van der Waals surface area (Å²) in [5, 5.41) is 4.55. The second-order valence-electron chi connectivity index (χ2n) is 8.53. The fraction of sp³-hybridized carbons (Fsp3) is 0.476. The molecular weight excluding hydrogens is 378 g/mol. The molecule has 156 valence electrons. The topological polar surface area (TPSA) is 79.1 Å². The van der Waals surface area contributed by atoms with Gasteiger partial charge in [0.1, 0.15) is 30.1 Å². The first-order valence-corrected chi connectivity index (χ1v) is 10.3. The summed E-state index contributed by atoms with van der Waals surface area (Å²) in [6, 6.07) is 6.18. The molecule has 2 fully saturated rings. The van der Waals surface area contributed by atoms with Crippen molar-refractivity contribution >= 4 is 17.5 Å². The van der Waals surface area contributed by atoms with E-state index in [9.17, 15) is 0 Å². The van der Waals surface area contributed by atoms with E-state index >= 15 is 0 Å². The van der Waals surface area contributed by atoms with Gasteiger partial charge in [-0.15, -0.1) is 0 Å². The summed E-state index contributed by atoms with van der Waals surface area (Å²) in [6.45, 7) is 8.07. The molecule has 2 aliphatic rings. The summed E-state index contributed by atoms with van der Waals surface area (Å²) in [7, 11) is 4.01. The molecule has 9 nitrogen and oxygen atoms in total. The van der Waals surface area contributed by atoms with Crippen LogP contribution < -0.4 is 14.7 Å². The smallest absolute Gasteiger partial charge is 0.159 e. The lowest BCUT2D eigenvalue weighted by atomic mass is 10.0. The van der Waals surface area contributed by atoms with Crippen LogP contribution in [-0.2, 0) is 0 Å². The highest BCUT2D eigenvalue weighted by molar-refractivity contribution is 5.51. The minimum atomic E-state index is 0.606. The quantitative estimate of drug-likeness (QED) is 0.649. The summed E-state index contributed by atoms with van der Waals surface area (Å²) in [5.74, 6) is 4.97. The first-order chi connectivity index (χ1) is 14.5. The van der Waals surface area contributed by atoms with Crippen molar-refractivity contribution in [3.05, 3.63) is 42.2 Å². The number of aromatic nitrogens is 6. The normalized spacial score (nSPS) is 20.7. The van der Waals surface area contributed by atoms with Crippen molar-refractivity contribution in [3.63, 3.8) is 0 Å². The van der Waals surface area contributed by atoms with E-state index in [0.717, 1.165) is 60.8 Å². The minimum Gasteiger partial charge on any atom is -0.363 e. The van der Waals surface area contributed by atoms with Crippen LogP contribution in [0.15, 0.2) is 30.9 Å². The number of hydrogen-bond acceptors (Lipinski definition) is 8. The van der Waals surface area contributed by atoms with Crippen LogP contribution in [0.2, 0.25) is 0 Å². The zero-order valence-electron chi connectivity index (χ0n) is 17.9. The van der Waals surface area contributed by atoms with E-state index in [4.69, 9.17) is 0 Å². The standard InChI is InChI=1S/C21H27N9/c1-14-5-15(2)30(26-14)21-7-20(24-13-25-21)29-10-16-8-28(9-17(16)11-29)19-6-18(27(3)4)22-12-23-19/h5-7,12-13,16-17H,8-11H2,1-4H3. The summed E-state index contributed by atoms with van der Waals surface area (Å²) in [6.07, 6.45) is 3.30. The molecule has 3 aromatic heterocycles. The maximum absolute atomic E-state index is 4.55. The molecule has 0 radical (unpaired) electrons. The van der Waals surface area contributed by atoms with Crippen molar-refractivity contribution in [2.24, 2.45) is 11.8 Å². The van der Waals surface area contributed by atoms with Crippen molar-refractivity contribution in [2.75, 3.05) is 55.0 Å². The molecule has 0 bridgehead atoms. The lowest BCUT2D eigenvalue weighted by molar-refractivity contribution is 0.533. The van der Waals surface area contributed by atoms with E-state index in [0.29, 0.717) is 11.8 Å². The predicted octanol–water partition coefficient (Wildman–Crippen LogP) is 1.71. The molecule has 0 amide bonds. The van der Waals surface area contributed by atoms with E-state index in [2.05, 4.69) is 47.0 Å². The first kappa shape index (κ1) is 18.8. The molecule has 5 heterocycles. The number of anilines is 3. The maximum atomic E-state index is 4.55. The van der Waals surface area contributed by atoms with Gasteiger partial charge in [0.15, 0.2) is 5.82 Å². The van der Waals surface area contributed by atoms with Gasteiger partial charge in [-0.2, -0.15) is 5.10 Å². The largest absolute Gasteiger partial charge is 0.363 e. The average Bonchev–Trinajstić information content (AvgIpc) is 3.41. The molecule has 2 atom stereocenters. The second-order valence-corrected chi connectivity index (χ2v) is 8.53. The first-order valence-electron chi connectivity index (χ1n) is 10.3. The Kier molecular flexibility index (Phi) is 4.52. The SMILES string of the molecule is Cc1cc(C)n(-c2cc(N3CC4CN(c5cc(N(C)C)ncn5)CC4C3)ncn2)n1. The Labute approximate surface area is 176 Å². The molecule has 5 rings (SSSR count). The Morgan fingerprint density at radius 3 is 1.90 bits per heavy atom. The van der Waals surface area contributed by atoms with Crippen molar-refractivity contribution in [1.29, 1.82) is 0 Å². The fourth-order valence-electron chi connectivity index (χ4n) is 4.61. The Bertz CT molecular complexity index is 1050. The number of rotatable bonds is 4. The summed E-state index contributed by atoms with van der Waals surface area (Å²) in [4.78, 5) is 24.6. The van der Waals surface area contributed by atoms with Gasteiger partial charge in [-0.3, -0.25) is 0 Å². The Morgan fingerprint density at radius 2 is 1.33 bits per heavy atom. The van der Waals surface area contributed by atoms with E-state index < -0.39 is 0 Å². The third kappa shape index (κ3) is 3.34. The van der Waals surface area contributed by atoms with Gasteiger partial charge in [0.2, 0.25) is 0 Å². The zero-order valence-corrected chi connectivity index (χ0v) is 17.9. The van der Waals surface area contributed by atoms with Gasteiger partial charge >= 0.3 is 0 Å². The van der Waals surface area contributed by atoms with Gasteiger partial charge in [0.25, 0.3) is 0 Å². The number of fused-ring (bicyclic) bond motifs is 1. The van der Waals surface area contributed by atoms with E-state index in [-0.39, 0.29) is 0 Å². The van der Waals surface area contributed by atoms with Gasteiger partial charge in [-0.05, 0) is 19.9 Å². The molecule has 0 N–H and O–H groups in total. The van der Waals surface area contributed by atoms with E-state index in [1.54, 1.807) is 12.7 Å². The van der Waals surface area contributed by atoms with Crippen molar-refractivity contribution < 1.29 is 0 Å². The molecule has 0 spiro atoms. The average molecular weight is 406 g/mol. The summed E-state index contributed by atoms with van der Waals surface area (Å²) >= 11 is 0. The van der Waals surface area contributed by atoms with Gasteiger partial charge in [-0.1, -0.05) is 0 Å². The van der Waals surface area contributed by atoms with E-state index in [1.807, 2.05) is 43.6 Å². The Hall–Kier alpha value is -3.23. The molecule has 2 aliphatic heterocycles. The molecule has 2 saturated heterocycles. The predicted molar refractivity (Wildman–Crippen MR) is 116 cm³/mol. The van der Waals surface area contributed by atoms with Crippen LogP contribution in [0.4, 0.5) is 17.5 Å². The highest BCUT2D eigenvalue weighted by Crippen LogP contribution is 2.35. The molecule has 2 unspecified atom stereocenters. The van der Waals surface area contributed by atoms with Crippen molar-refractivity contribution in [1.82, 2.24) is 29.7 Å². The molecular formula is C21H27N9. The van der Waals surface area contributed by atoms with Crippen LogP contribution in [0, 0.1) is 25.7 Å². The Balaban J connectivity index is 1.30. The third-order valence-corrected chi connectivity index (χ3v) is 6.10. The van der Waals surface area contributed by atoms with Crippen LogP contribution in [0.3, 0.4) is 0 Å². The van der Waals surface area contributed by atoms with Gasteiger partial charge in [0.05, 0.1) is 5.69 Å². The second kappa shape index (κ2) is 7.23. The lowest BCUT2D eigenvalue weighted by Crippen LogP contribution is -2.30. The van der Waals surface area contributed by atoms with Crippen LogP contribution >= 0.6 is 0 Å². The molecule has 0 aromatic carbocycles. The molecule has 9 heteroatoms. The summed E-state index contributed by atoms with van der Waals surface area (Å²) < 4.78 is 1.89. The molecule has 30 heavy (non-hydrogen) atoms. The lowest BCUT2D eigenvalue weighted by Gasteiger charge is -2.23. The highest BCUT2D eigenvalue weighted by atomic mass is 15.3. The maximum Gasteiger partial charge on any atom is 0.159 e. The van der Waals surface area contributed by atoms with Crippen molar-refractivity contribution in [2.45, 2.75) is 13.8 Å². The fourth-order valence-corrected chi connectivity index (χ4v) is 4.61. The zero-order chi connectivity index (χ0) is 20.8. The third-order valence-electron chi connectivity index (χ3n) is 6.10. The molecule has 0 aliphatic carbocycles. The molecule has 0 saturated carbocycles. The monoisotopic (exact) mass is 405 g/mol.